The van der Waals surface area contributed by atoms with Crippen molar-refractivity contribution < 1.29 is 0 Å². The van der Waals surface area contributed by atoms with Crippen molar-refractivity contribution in [2.75, 3.05) is 13.1 Å². The summed E-state index contributed by atoms with van der Waals surface area (Å²) in [6.07, 6.45) is 3.92. The number of nitrogens with one attached hydrogen (secondary N) is 2. The Labute approximate surface area is 114 Å². The molecule has 0 aliphatic heterocycles. The summed E-state index contributed by atoms with van der Waals surface area (Å²) in [5, 5.41) is 12.9. The van der Waals surface area contributed by atoms with E-state index in [2.05, 4.69) is 40.0 Å². The molecule has 4 nitrogen and oxygen atoms in total. The van der Waals surface area contributed by atoms with E-state index in [4.69, 9.17) is 0 Å². The first-order chi connectivity index (χ1) is 9.34. The van der Waals surface area contributed by atoms with E-state index in [1.165, 1.54) is 30.2 Å². The molecule has 0 unspecified atom stereocenters. The lowest BCUT2D eigenvalue weighted by Crippen LogP contribution is -2.23. The van der Waals surface area contributed by atoms with Gasteiger partial charge in [-0.2, -0.15) is 5.10 Å². The fourth-order valence-electron chi connectivity index (χ4n) is 2.43. The third-order valence-electron chi connectivity index (χ3n) is 3.67. The number of aryl methyl sites for hydroxylation is 1. The van der Waals surface area contributed by atoms with Crippen molar-refractivity contribution in [2.45, 2.75) is 31.8 Å². The highest BCUT2D eigenvalue weighted by Gasteiger charge is 2.19. The third-order valence-corrected chi connectivity index (χ3v) is 3.67. The van der Waals surface area contributed by atoms with Crippen LogP contribution >= 0.6 is 0 Å². The Balaban J connectivity index is 1.47. The Morgan fingerprint density at radius 3 is 2.95 bits per heavy atom. The van der Waals surface area contributed by atoms with Crippen LogP contribution in [0, 0.1) is 0 Å². The van der Waals surface area contributed by atoms with Crippen LogP contribution in [0.25, 0.3) is 10.9 Å². The van der Waals surface area contributed by atoms with Crippen molar-refractivity contribution in [3.05, 3.63) is 30.0 Å². The average Bonchev–Trinajstić information content (AvgIpc) is 3.20. The minimum Gasteiger partial charge on any atom is -0.314 e. The number of para-hydroxylation sites is 1. The molecule has 2 aromatic rings. The van der Waals surface area contributed by atoms with Gasteiger partial charge in [-0.1, -0.05) is 18.2 Å². The van der Waals surface area contributed by atoms with Gasteiger partial charge in [-0.3, -0.25) is 4.68 Å². The van der Waals surface area contributed by atoms with Gasteiger partial charge in [0.15, 0.2) is 0 Å². The summed E-state index contributed by atoms with van der Waals surface area (Å²) in [5.41, 5.74) is 2.35. The molecule has 1 aromatic carbocycles. The predicted molar refractivity (Wildman–Crippen MR) is 78.1 cm³/mol. The average molecular weight is 258 g/mol. The highest BCUT2D eigenvalue weighted by atomic mass is 15.3. The minimum absolute atomic E-state index is 0.819. The highest BCUT2D eigenvalue weighted by molar-refractivity contribution is 5.81. The number of hydrogen-bond donors (Lipinski definition) is 2. The first kappa shape index (κ1) is 12.6. The van der Waals surface area contributed by atoms with Gasteiger partial charge in [0.1, 0.15) is 0 Å². The van der Waals surface area contributed by atoms with Crippen molar-refractivity contribution in [1.82, 2.24) is 20.4 Å². The van der Waals surface area contributed by atoms with Gasteiger partial charge in [0.2, 0.25) is 0 Å². The van der Waals surface area contributed by atoms with Crippen LogP contribution in [-0.4, -0.2) is 28.9 Å². The molecule has 0 spiro atoms. The summed E-state index contributed by atoms with van der Waals surface area (Å²) in [6.45, 7) is 3.02. The zero-order chi connectivity index (χ0) is 13.1. The molecule has 1 aliphatic carbocycles. The van der Waals surface area contributed by atoms with E-state index >= 15 is 0 Å². The Bertz CT molecular complexity index is 542. The molecular weight excluding hydrogens is 236 g/mol. The lowest BCUT2D eigenvalue weighted by Gasteiger charge is -2.04. The van der Waals surface area contributed by atoms with Crippen LogP contribution in [-0.2, 0) is 13.6 Å². The van der Waals surface area contributed by atoms with Crippen LogP contribution in [0.2, 0.25) is 0 Å². The van der Waals surface area contributed by atoms with Gasteiger partial charge < -0.3 is 10.6 Å². The van der Waals surface area contributed by atoms with E-state index in [1.807, 2.05) is 11.7 Å². The Hall–Kier alpha value is -1.39. The van der Waals surface area contributed by atoms with Gasteiger partial charge in [0.05, 0.1) is 11.2 Å². The minimum atomic E-state index is 0.819. The van der Waals surface area contributed by atoms with Crippen LogP contribution in [0.4, 0.5) is 0 Å². The van der Waals surface area contributed by atoms with E-state index in [1.54, 1.807) is 0 Å². The fourth-order valence-corrected chi connectivity index (χ4v) is 2.43. The molecule has 1 saturated carbocycles. The standard InChI is InChI=1S/C15H22N4/c1-19-15-6-3-2-5-13(15)14(18-19)11-16-9-4-10-17-12-7-8-12/h2-3,5-6,12,16-17H,4,7-11H2,1H3. The fraction of sp³-hybridized carbons (Fsp3) is 0.533. The zero-order valence-electron chi connectivity index (χ0n) is 11.5. The number of fused-ring (bicyclic) bond motifs is 1. The number of rotatable bonds is 7. The van der Waals surface area contributed by atoms with E-state index in [0.717, 1.165) is 31.4 Å². The van der Waals surface area contributed by atoms with Gasteiger partial charge in [-0.25, -0.2) is 0 Å². The molecule has 0 bridgehead atoms. The lowest BCUT2D eigenvalue weighted by molar-refractivity contribution is 0.586. The first-order valence-corrected chi connectivity index (χ1v) is 7.19. The molecule has 1 aliphatic rings. The maximum absolute atomic E-state index is 4.58. The van der Waals surface area contributed by atoms with Crippen LogP contribution in [0.1, 0.15) is 25.0 Å². The van der Waals surface area contributed by atoms with Crippen LogP contribution in [0.3, 0.4) is 0 Å². The second-order valence-electron chi connectivity index (χ2n) is 5.35. The van der Waals surface area contributed by atoms with Crippen LogP contribution in [0.15, 0.2) is 24.3 Å². The van der Waals surface area contributed by atoms with Crippen LogP contribution in [0.5, 0.6) is 0 Å². The molecule has 0 atom stereocenters. The van der Waals surface area contributed by atoms with Crippen molar-refractivity contribution in [3.63, 3.8) is 0 Å². The van der Waals surface area contributed by atoms with Gasteiger partial charge in [0, 0.05) is 25.0 Å². The normalized spacial score (nSPS) is 15.2. The Kier molecular flexibility index (Phi) is 3.80. The SMILES string of the molecule is Cn1nc(CNCCCNC2CC2)c2ccccc21. The third kappa shape index (κ3) is 3.14. The number of hydrogen-bond acceptors (Lipinski definition) is 3. The number of nitrogens with zero attached hydrogens (tertiary/aromatic N) is 2. The zero-order valence-corrected chi connectivity index (χ0v) is 11.5. The molecule has 1 aromatic heterocycles. The van der Waals surface area contributed by atoms with Crippen molar-refractivity contribution in [3.8, 4) is 0 Å². The summed E-state index contributed by atoms with van der Waals surface area (Å²) in [5.74, 6) is 0. The first-order valence-electron chi connectivity index (χ1n) is 7.19. The van der Waals surface area contributed by atoms with Crippen molar-refractivity contribution >= 4 is 10.9 Å². The molecule has 19 heavy (non-hydrogen) atoms. The summed E-state index contributed by atoms with van der Waals surface area (Å²) >= 11 is 0. The molecule has 0 saturated heterocycles. The Morgan fingerprint density at radius 1 is 1.26 bits per heavy atom. The number of benzene rings is 1. The van der Waals surface area contributed by atoms with Crippen molar-refractivity contribution in [2.24, 2.45) is 7.05 Å². The molecule has 0 radical (unpaired) electrons. The van der Waals surface area contributed by atoms with Gasteiger partial charge in [-0.15, -0.1) is 0 Å². The Morgan fingerprint density at radius 2 is 2.11 bits per heavy atom. The maximum Gasteiger partial charge on any atom is 0.0841 e. The van der Waals surface area contributed by atoms with Crippen LogP contribution < -0.4 is 10.6 Å². The largest absolute Gasteiger partial charge is 0.314 e. The second-order valence-corrected chi connectivity index (χ2v) is 5.35. The summed E-state index contributed by atoms with van der Waals surface area (Å²) in [7, 11) is 2.01. The molecular formula is C15H22N4. The summed E-state index contributed by atoms with van der Waals surface area (Å²) < 4.78 is 1.96. The van der Waals surface area contributed by atoms with Crippen molar-refractivity contribution in [1.29, 1.82) is 0 Å². The molecule has 1 fully saturated rings. The molecule has 4 heteroatoms. The lowest BCUT2D eigenvalue weighted by atomic mass is 10.2. The topological polar surface area (TPSA) is 41.9 Å². The predicted octanol–water partition coefficient (Wildman–Crippen LogP) is 1.80. The number of aromatic nitrogens is 2. The quantitative estimate of drug-likeness (QED) is 0.744. The molecule has 3 rings (SSSR count). The van der Waals surface area contributed by atoms with E-state index in [9.17, 15) is 0 Å². The maximum atomic E-state index is 4.58. The second kappa shape index (κ2) is 5.72. The molecule has 2 N–H and O–H groups in total. The summed E-state index contributed by atoms with van der Waals surface area (Å²) in [4.78, 5) is 0. The molecule has 102 valence electrons. The van der Waals surface area contributed by atoms with Gasteiger partial charge in [-0.05, 0) is 38.4 Å². The summed E-state index contributed by atoms with van der Waals surface area (Å²) in [6, 6.07) is 9.22. The molecule has 1 heterocycles. The smallest absolute Gasteiger partial charge is 0.0841 e. The van der Waals surface area contributed by atoms with Gasteiger partial charge >= 0.3 is 0 Å². The van der Waals surface area contributed by atoms with Gasteiger partial charge in [0.25, 0.3) is 0 Å². The van der Waals surface area contributed by atoms with E-state index < -0.39 is 0 Å². The highest BCUT2D eigenvalue weighted by Crippen LogP contribution is 2.18. The monoisotopic (exact) mass is 258 g/mol. The molecule has 0 amide bonds. The van der Waals surface area contributed by atoms with E-state index in [-0.39, 0.29) is 0 Å². The van der Waals surface area contributed by atoms with E-state index in [0.29, 0.717) is 0 Å².